The normalized spacial score (nSPS) is 16.3. The standard InChI is InChI=1S/C56H58F6N6O8/c1-37-47(51(71)75-31-29-69)49(41-23-19-39(35-63)20-24-41)65(53(73)67(37)45-17-13-15-43(33-45)55(57,58)59)27-11-9-7-5-3-4-6-8-10-12-28-66-50(42-25-21-40(36-64)22-26-42)48(52(72)76-32-30-70)38(2)68(54(66)74)46-18-14-16-44(34-46)56(60,61)62/h13-26,33-34,49-50,69-70H,3-12,27-32H2,1-2H3. The fraction of sp³-hybridized carbons (Fsp3) is 0.393. The van der Waals surface area contributed by atoms with Crippen molar-refractivity contribution in [2.45, 2.75) is 102 Å². The van der Waals surface area contributed by atoms with Gasteiger partial charge in [0.05, 0.1) is 82.2 Å². The van der Waals surface area contributed by atoms with Gasteiger partial charge in [0.25, 0.3) is 0 Å². The number of aliphatic hydroxyl groups is 2. The van der Waals surface area contributed by atoms with Gasteiger partial charge in [0.1, 0.15) is 13.2 Å². The zero-order chi connectivity index (χ0) is 55.2. The minimum Gasteiger partial charge on any atom is -0.460 e. The molecular formula is C56H58F6N6O8. The van der Waals surface area contributed by atoms with Crippen LogP contribution in [-0.4, -0.2) is 83.5 Å². The van der Waals surface area contributed by atoms with E-state index in [4.69, 9.17) is 9.47 Å². The Morgan fingerprint density at radius 3 is 1.17 bits per heavy atom. The van der Waals surface area contributed by atoms with Gasteiger partial charge >= 0.3 is 36.4 Å². The molecule has 6 rings (SSSR count). The number of allylic oxidation sites excluding steroid dienone is 2. The highest BCUT2D eigenvalue weighted by Crippen LogP contribution is 2.44. The van der Waals surface area contributed by atoms with Crippen LogP contribution in [0.2, 0.25) is 0 Å². The van der Waals surface area contributed by atoms with Gasteiger partial charge in [-0.05, 0) is 98.5 Å². The molecule has 0 spiro atoms. The SMILES string of the molecule is CC1=C(C(=O)OCCO)C(c2ccc(C#N)cc2)N(CCCCCCCCCCCCN2C(=O)N(c3cccc(C(F)(F)F)c3)C(C)=C(C(=O)OCCO)C2c2ccc(C#N)cc2)C(=O)N1c1cccc(C(F)(F)F)c1. The van der Waals surface area contributed by atoms with E-state index in [-0.39, 0.29) is 60.2 Å². The van der Waals surface area contributed by atoms with E-state index in [9.17, 15) is 66.3 Å². The lowest BCUT2D eigenvalue weighted by Crippen LogP contribution is -2.51. The number of unbranched alkanes of at least 4 members (excludes halogenated alkanes) is 9. The summed E-state index contributed by atoms with van der Waals surface area (Å²) in [6.45, 7) is 1.38. The largest absolute Gasteiger partial charge is 0.460 e. The van der Waals surface area contributed by atoms with Gasteiger partial charge in [-0.3, -0.25) is 9.80 Å². The summed E-state index contributed by atoms with van der Waals surface area (Å²) in [4.78, 5) is 61.5. The van der Waals surface area contributed by atoms with Crippen LogP contribution in [0.3, 0.4) is 0 Å². The van der Waals surface area contributed by atoms with Crippen LogP contribution >= 0.6 is 0 Å². The van der Waals surface area contributed by atoms with Crippen LogP contribution in [0.1, 0.15) is 124 Å². The maximum atomic E-state index is 14.5. The molecule has 0 saturated carbocycles. The smallest absolute Gasteiger partial charge is 0.416 e. The lowest BCUT2D eigenvalue weighted by Gasteiger charge is -2.43. The first kappa shape index (κ1) is 57.6. The van der Waals surface area contributed by atoms with E-state index < -0.39 is 72.8 Å². The van der Waals surface area contributed by atoms with Gasteiger partial charge in [-0.2, -0.15) is 36.9 Å². The molecule has 14 nitrogen and oxygen atoms in total. The van der Waals surface area contributed by atoms with Gasteiger partial charge in [-0.25, -0.2) is 19.2 Å². The second kappa shape index (κ2) is 26.2. The molecule has 20 heteroatoms. The van der Waals surface area contributed by atoms with E-state index in [1.165, 1.54) is 72.2 Å². The van der Waals surface area contributed by atoms with Gasteiger partial charge in [0.2, 0.25) is 0 Å². The third-order valence-electron chi connectivity index (χ3n) is 13.2. The van der Waals surface area contributed by atoms with E-state index >= 15 is 0 Å². The number of urea groups is 2. The molecule has 2 aliphatic heterocycles. The third kappa shape index (κ3) is 13.8. The van der Waals surface area contributed by atoms with Crippen molar-refractivity contribution in [3.8, 4) is 12.1 Å². The highest BCUT2D eigenvalue weighted by molar-refractivity contribution is 6.04. The summed E-state index contributed by atoms with van der Waals surface area (Å²) < 4.78 is 94.0. The molecule has 0 saturated heterocycles. The fourth-order valence-electron chi connectivity index (χ4n) is 9.52. The Labute approximate surface area is 436 Å². The Hall–Kier alpha value is -7.68. The number of rotatable bonds is 23. The van der Waals surface area contributed by atoms with Crippen molar-refractivity contribution in [1.29, 1.82) is 10.5 Å². The van der Waals surface area contributed by atoms with Crippen LogP contribution in [-0.2, 0) is 31.4 Å². The van der Waals surface area contributed by atoms with Crippen molar-refractivity contribution in [2.24, 2.45) is 0 Å². The Kier molecular flexibility index (Phi) is 19.9. The minimum atomic E-state index is -4.72. The molecule has 4 amide bonds. The lowest BCUT2D eigenvalue weighted by atomic mass is 9.91. The second-order valence-corrected chi connectivity index (χ2v) is 18.2. The highest BCUT2D eigenvalue weighted by atomic mass is 19.4. The molecule has 2 unspecified atom stereocenters. The molecule has 2 heterocycles. The van der Waals surface area contributed by atoms with E-state index in [0.29, 0.717) is 47.9 Å². The molecule has 2 atom stereocenters. The van der Waals surface area contributed by atoms with Crippen molar-refractivity contribution >= 4 is 35.4 Å². The monoisotopic (exact) mass is 1060 g/mol. The average molecular weight is 1060 g/mol. The molecule has 0 radical (unpaired) electrons. The first-order valence-electron chi connectivity index (χ1n) is 24.9. The molecule has 0 aliphatic carbocycles. The van der Waals surface area contributed by atoms with Gasteiger partial charge in [-0.15, -0.1) is 0 Å². The fourth-order valence-corrected chi connectivity index (χ4v) is 9.52. The zero-order valence-electron chi connectivity index (χ0n) is 42.0. The predicted octanol–water partition coefficient (Wildman–Crippen LogP) is 11.7. The number of benzene rings is 4. The van der Waals surface area contributed by atoms with Crippen molar-refractivity contribution in [3.05, 3.63) is 153 Å². The summed E-state index contributed by atoms with van der Waals surface area (Å²) in [7, 11) is 0. The third-order valence-corrected chi connectivity index (χ3v) is 13.2. The molecule has 4 aromatic carbocycles. The number of hydrogen-bond acceptors (Lipinski definition) is 10. The topological polar surface area (TPSA) is 188 Å². The Bertz CT molecular complexity index is 2660. The summed E-state index contributed by atoms with van der Waals surface area (Å²) in [6.07, 6.45) is -2.25. The molecule has 2 aliphatic rings. The number of halogens is 6. The summed E-state index contributed by atoms with van der Waals surface area (Å²) in [5.74, 6) is -1.75. The van der Waals surface area contributed by atoms with E-state index in [1.807, 2.05) is 12.1 Å². The second-order valence-electron chi connectivity index (χ2n) is 18.2. The van der Waals surface area contributed by atoms with Crippen LogP contribution in [0, 0.1) is 22.7 Å². The molecule has 76 heavy (non-hydrogen) atoms. The molecule has 0 fully saturated rings. The number of anilines is 2. The van der Waals surface area contributed by atoms with Crippen LogP contribution in [0.25, 0.3) is 0 Å². The number of carbonyl (C=O) groups excluding carboxylic acids is 4. The predicted molar refractivity (Wildman–Crippen MR) is 268 cm³/mol. The lowest BCUT2D eigenvalue weighted by molar-refractivity contribution is -0.141. The van der Waals surface area contributed by atoms with Crippen LogP contribution in [0.5, 0.6) is 0 Å². The quantitative estimate of drug-likeness (QED) is 0.0411. The first-order chi connectivity index (χ1) is 36.4. The number of carbonyl (C=O) groups is 4. The summed E-state index contributed by atoms with van der Waals surface area (Å²) in [5, 5.41) is 37.9. The number of alkyl halides is 6. The van der Waals surface area contributed by atoms with E-state index in [2.05, 4.69) is 0 Å². The maximum Gasteiger partial charge on any atom is 0.416 e. The molecular weight excluding hydrogens is 999 g/mol. The van der Waals surface area contributed by atoms with Crippen molar-refractivity contribution < 1.29 is 65.2 Å². The van der Waals surface area contributed by atoms with Crippen molar-refractivity contribution in [1.82, 2.24) is 9.80 Å². The Morgan fingerprint density at radius 1 is 0.539 bits per heavy atom. The van der Waals surface area contributed by atoms with Gasteiger partial charge in [0, 0.05) is 24.5 Å². The number of amides is 4. The van der Waals surface area contributed by atoms with E-state index in [0.717, 1.165) is 72.6 Å². The number of nitriles is 2. The maximum absolute atomic E-state index is 14.5. The first-order valence-corrected chi connectivity index (χ1v) is 24.9. The number of esters is 2. The van der Waals surface area contributed by atoms with Gasteiger partial charge in [-0.1, -0.05) is 87.8 Å². The number of hydrogen-bond donors (Lipinski definition) is 2. The molecule has 4 aromatic rings. The van der Waals surface area contributed by atoms with Crippen LogP contribution < -0.4 is 9.80 Å². The minimum absolute atomic E-state index is 0.0171. The average Bonchev–Trinajstić information content (AvgIpc) is 3.44. The van der Waals surface area contributed by atoms with Crippen LogP contribution in [0.15, 0.2) is 120 Å². The molecule has 0 aromatic heterocycles. The number of nitrogens with zero attached hydrogens (tertiary/aromatic N) is 6. The highest BCUT2D eigenvalue weighted by Gasteiger charge is 2.45. The number of aliphatic hydroxyl groups excluding tert-OH is 2. The van der Waals surface area contributed by atoms with Gasteiger partial charge in [0.15, 0.2) is 0 Å². The van der Waals surface area contributed by atoms with E-state index in [1.54, 1.807) is 24.3 Å². The number of ether oxygens (including phenoxy) is 2. The van der Waals surface area contributed by atoms with Crippen molar-refractivity contribution in [2.75, 3.05) is 49.3 Å². The summed E-state index contributed by atoms with van der Waals surface area (Å²) in [5.41, 5.74) is -0.572. The summed E-state index contributed by atoms with van der Waals surface area (Å²) in [6, 6.07) is 21.6. The Balaban J connectivity index is 1.09. The summed E-state index contributed by atoms with van der Waals surface area (Å²) >= 11 is 0. The zero-order valence-corrected chi connectivity index (χ0v) is 42.0. The van der Waals surface area contributed by atoms with Crippen molar-refractivity contribution in [3.63, 3.8) is 0 Å². The molecule has 402 valence electrons. The van der Waals surface area contributed by atoms with Crippen LogP contribution in [0.4, 0.5) is 47.3 Å². The molecule has 0 bridgehead atoms. The Morgan fingerprint density at radius 2 is 0.868 bits per heavy atom. The van der Waals surface area contributed by atoms with Gasteiger partial charge < -0.3 is 29.5 Å². The molecule has 2 N–H and O–H groups in total.